The molecule has 0 N–H and O–H groups in total. The molecule has 4 heavy (non-hydrogen) atoms. The van der Waals surface area contributed by atoms with Gasteiger partial charge in [0.2, 0.25) is 0 Å². The zero-order chi connectivity index (χ0) is 0. The minimum atomic E-state index is 0. The third-order valence-corrected chi connectivity index (χ3v) is 0. The smallest absolute Gasteiger partial charge is 0 e. The first kappa shape index (κ1) is 26.2. The molecule has 0 aromatic heterocycles. The second kappa shape index (κ2) is 16.1. The molecule has 1 nitrogen and oxygen atoms in total. The normalized spacial score (nSPS) is 0. The molecular formula is CeLaOZr. The Labute approximate surface area is 106 Å². The second-order valence-corrected chi connectivity index (χ2v) is 0. The molecule has 0 rings (SSSR count). The predicted molar refractivity (Wildman–Crippen MR) is 0.686 cm³/mol. The first-order valence-electron chi connectivity index (χ1n) is 0. The van der Waals surface area contributed by atoms with Gasteiger partial charge >= 0.3 is 0 Å². The van der Waals surface area contributed by atoms with Gasteiger partial charge in [-0.1, -0.05) is 0 Å². The van der Waals surface area contributed by atoms with Crippen LogP contribution in [0.15, 0.2) is 0 Å². The molecule has 0 saturated carbocycles. The molecule has 0 aromatic carbocycles. The molecule has 0 saturated heterocycles. The zero-order valence-electron chi connectivity index (χ0n) is 1.99. The van der Waals surface area contributed by atoms with Crippen molar-refractivity contribution in [3.8, 4) is 0 Å². The Balaban J connectivity index is 0. The van der Waals surface area contributed by atoms with E-state index in [1.54, 1.807) is 0 Å². The molecule has 0 heterocycles. The van der Waals surface area contributed by atoms with E-state index in [-0.39, 0.29) is 109 Å². The predicted octanol–water partition coefficient (Wildman–Crippen LogP) is -0.121. The third-order valence-electron chi connectivity index (χ3n) is 0. The summed E-state index contributed by atoms with van der Waals surface area (Å²) in [7, 11) is 0. The van der Waals surface area contributed by atoms with Crippen LogP contribution < -0.4 is 0 Å². The standard InChI is InChI=1S/Ce.La.O.Zr. The van der Waals surface area contributed by atoms with Gasteiger partial charge in [0, 0.05) is 109 Å². The molecule has 0 fully saturated rings. The average Bonchev–Trinajstić information content (AvgIpc) is 0. The van der Waals surface area contributed by atoms with Crippen LogP contribution in [-0.4, -0.2) is 0 Å². The van der Waals surface area contributed by atoms with E-state index in [2.05, 4.69) is 0 Å². The van der Waals surface area contributed by atoms with Crippen molar-refractivity contribution in [2.24, 2.45) is 0 Å². The summed E-state index contributed by atoms with van der Waals surface area (Å²) >= 11 is 0. The first-order chi connectivity index (χ1) is 0. The van der Waals surface area contributed by atoms with Gasteiger partial charge in [0.1, 0.15) is 0 Å². The molecule has 0 aliphatic heterocycles. The summed E-state index contributed by atoms with van der Waals surface area (Å²) in [6, 6.07) is 0. The van der Waals surface area contributed by atoms with Gasteiger partial charge in [-0.05, 0) is 0 Å². The van der Waals surface area contributed by atoms with Crippen molar-refractivity contribution in [2.45, 2.75) is 0 Å². The van der Waals surface area contributed by atoms with Gasteiger partial charge in [-0.2, -0.15) is 0 Å². The Morgan fingerprint density at radius 1 is 1.00 bits per heavy atom. The van der Waals surface area contributed by atoms with Crippen molar-refractivity contribution >= 4 is 0 Å². The van der Waals surface area contributed by atoms with Crippen LogP contribution >= 0.6 is 0 Å². The maximum atomic E-state index is 0. The van der Waals surface area contributed by atoms with Crippen LogP contribution in [0.5, 0.6) is 0 Å². The fourth-order valence-electron chi connectivity index (χ4n) is 0. The van der Waals surface area contributed by atoms with E-state index in [1.807, 2.05) is 0 Å². The molecule has 0 spiro atoms. The average molecular weight is 386 g/mol. The Morgan fingerprint density at radius 3 is 1.00 bits per heavy atom. The van der Waals surface area contributed by atoms with E-state index in [1.165, 1.54) is 0 Å². The van der Waals surface area contributed by atoms with Gasteiger partial charge in [0.05, 0.1) is 0 Å². The molecule has 0 unspecified atom stereocenters. The summed E-state index contributed by atoms with van der Waals surface area (Å²) in [4.78, 5) is 0. The van der Waals surface area contributed by atoms with Crippen molar-refractivity contribution in [3.05, 3.63) is 0 Å². The zero-order valence-corrected chi connectivity index (χ0v) is 11.2. The molecule has 0 aliphatic carbocycles. The monoisotopic (exact) mass is 385 g/mol. The quantitative estimate of drug-likeness (QED) is 0.556. The molecule has 17 valence electrons. The van der Waals surface area contributed by atoms with Crippen molar-refractivity contribution in [1.82, 2.24) is 0 Å². The fourth-order valence-corrected chi connectivity index (χ4v) is 0. The number of hydrogen-bond donors (Lipinski definition) is 0. The van der Waals surface area contributed by atoms with Crippen LogP contribution in [0.2, 0.25) is 0 Å². The Morgan fingerprint density at radius 2 is 1.00 bits per heavy atom. The number of hydrogen-bond acceptors (Lipinski definition) is 0. The van der Waals surface area contributed by atoms with Gasteiger partial charge in [0.25, 0.3) is 0 Å². The maximum absolute atomic E-state index is 0. The van der Waals surface area contributed by atoms with Crippen LogP contribution in [0.1, 0.15) is 0 Å². The Hall–Kier alpha value is 3.41. The SMILES string of the molecule is [Ce].[La].[O].[Zr]. The molecular weight excluding hydrogens is 386 g/mol. The molecule has 3 radical (unpaired) electrons. The van der Waals surface area contributed by atoms with E-state index in [4.69, 9.17) is 0 Å². The summed E-state index contributed by atoms with van der Waals surface area (Å²) in [6.07, 6.45) is 0. The topological polar surface area (TPSA) is 28.5 Å². The van der Waals surface area contributed by atoms with Crippen LogP contribution in [0.3, 0.4) is 0 Å². The molecule has 0 aromatic rings. The molecule has 4 heteroatoms. The van der Waals surface area contributed by atoms with Crippen molar-refractivity contribution in [2.75, 3.05) is 0 Å². The molecule has 0 bridgehead atoms. The van der Waals surface area contributed by atoms with Gasteiger partial charge in [-0.25, -0.2) is 0 Å². The van der Waals surface area contributed by atoms with Crippen LogP contribution in [0, 0.1) is 77.3 Å². The largest absolute Gasteiger partial charge is 0 e. The summed E-state index contributed by atoms with van der Waals surface area (Å²) in [5.41, 5.74) is 0. The van der Waals surface area contributed by atoms with Crippen molar-refractivity contribution in [3.63, 3.8) is 0 Å². The summed E-state index contributed by atoms with van der Waals surface area (Å²) in [6.45, 7) is 0. The van der Waals surface area contributed by atoms with E-state index in [0.29, 0.717) is 0 Å². The van der Waals surface area contributed by atoms with Crippen LogP contribution in [-0.2, 0) is 31.7 Å². The maximum Gasteiger partial charge on any atom is 0 e. The summed E-state index contributed by atoms with van der Waals surface area (Å²) < 4.78 is 0. The Bertz CT molecular complexity index is 8.00. The molecule has 0 amide bonds. The van der Waals surface area contributed by atoms with Gasteiger partial charge in [-0.15, -0.1) is 0 Å². The minimum Gasteiger partial charge on any atom is 0 e. The van der Waals surface area contributed by atoms with E-state index in [9.17, 15) is 0 Å². The van der Waals surface area contributed by atoms with Crippen molar-refractivity contribution in [1.29, 1.82) is 0 Å². The van der Waals surface area contributed by atoms with Crippen LogP contribution in [0.25, 0.3) is 0 Å². The summed E-state index contributed by atoms with van der Waals surface area (Å²) in [5.74, 6) is 0. The molecule has 0 atom stereocenters. The minimum absolute atomic E-state index is 0. The van der Waals surface area contributed by atoms with Gasteiger partial charge < -0.3 is 0 Å². The molecule has 0 aliphatic rings. The second-order valence-electron chi connectivity index (χ2n) is 0. The fraction of sp³-hybridized carbons (Fsp3) is 0. The Kier molecular flexibility index (Phi) is 106. The van der Waals surface area contributed by atoms with Gasteiger partial charge in [0.15, 0.2) is 0 Å². The number of rotatable bonds is 0. The first-order valence-corrected chi connectivity index (χ1v) is 0. The van der Waals surface area contributed by atoms with Crippen molar-refractivity contribution < 1.29 is 109 Å². The third kappa shape index (κ3) is 9.05. The van der Waals surface area contributed by atoms with Crippen LogP contribution in [0.4, 0.5) is 0 Å². The van der Waals surface area contributed by atoms with E-state index < -0.39 is 0 Å². The summed E-state index contributed by atoms with van der Waals surface area (Å²) in [5, 5.41) is 0. The van der Waals surface area contributed by atoms with E-state index in [0.717, 1.165) is 0 Å². The van der Waals surface area contributed by atoms with Gasteiger partial charge in [-0.3, -0.25) is 0 Å². The van der Waals surface area contributed by atoms with E-state index >= 15 is 0 Å².